The molecule has 236 valence electrons. The number of carbonyl (C=O) groups is 2. The standard InChI is InChI=1S/C34H34BrCl2N3O4S/c1-24(2)21-38-34(42)32(19-25-10-5-3-6-11-25)39(22-26-12-9-13-27(35)18-26)33(41)23-40(28-16-17-30(36)31(37)20-28)45(43,44)29-14-7-4-8-15-29/h3-18,20,24,32H,19,21-23H2,1-2H3,(H,38,42). The second kappa shape index (κ2) is 15.8. The van der Waals surface area contributed by atoms with Crippen LogP contribution in [-0.2, 0) is 32.6 Å². The lowest BCUT2D eigenvalue weighted by Gasteiger charge is -2.34. The highest BCUT2D eigenvalue weighted by atomic mass is 79.9. The number of anilines is 1. The predicted molar refractivity (Wildman–Crippen MR) is 184 cm³/mol. The van der Waals surface area contributed by atoms with Gasteiger partial charge in [0, 0.05) is 24.0 Å². The molecule has 45 heavy (non-hydrogen) atoms. The molecule has 0 heterocycles. The number of carbonyl (C=O) groups excluding carboxylic acids is 2. The Balaban J connectivity index is 1.81. The normalized spacial score (nSPS) is 12.0. The quantitative estimate of drug-likeness (QED) is 0.156. The van der Waals surface area contributed by atoms with Crippen molar-refractivity contribution in [2.24, 2.45) is 5.92 Å². The third kappa shape index (κ3) is 9.33. The number of hydrogen-bond donors (Lipinski definition) is 1. The Morgan fingerprint density at radius 2 is 1.47 bits per heavy atom. The summed E-state index contributed by atoms with van der Waals surface area (Å²) >= 11 is 16.0. The number of sulfonamides is 1. The average Bonchev–Trinajstić information content (AvgIpc) is 3.02. The number of benzene rings is 4. The molecule has 0 aliphatic heterocycles. The van der Waals surface area contributed by atoms with E-state index in [-0.39, 0.29) is 45.4 Å². The summed E-state index contributed by atoms with van der Waals surface area (Å²) in [6.45, 7) is 3.86. The summed E-state index contributed by atoms with van der Waals surface area (Å²) < 4.78 is 29.9. The molecule has 0 aliphatic carbocycles. The van der Waals surface area contributed by atoms with Crippen molar-refractivity contribution in [1.29, 1.82) is 0 Å². The Morgan fingerprint density at radius 3 is 2.09 bits per heavy atom. The number of nitrogens with zero attached hydrogens (tertiary/aromatic N) is 2. The van der Waals surface area contributed by atoms with E-state index in [1.807, 2.05) is 68.4 Å². The van der Waals surface area contributed by atoms with Gasteiger partial charge in [0.1, 0.15) is 12.6 Å². The van der Waals surface area contributed by atoms with E-state index in [0.29, 0.717) is 6.54 Å². The van der Waals surface area contributed by atoms with Crippen molar-refractivity contribution >= 4 is 66.7 Å². The average molecular weight is 732 g/mol. The topological polar surface area (TPSA) is 86.8 Å². The van der Waals surface area contributed by atoms with Crippen molar-refractivity contribution in [1.82, 2.24) is 10.2 Å². The van der Waals surface area contributed by atoms with Crippen LogP contribution >= 0.6 is 39.1 Å². The Morgan fingerprint density at radius 1 is 0.822 bits per heavy atom. The Hall–Kier alpha value is -3.37. The first-order chi connectivity index (χ1) is 21.5. The molecule has 11 heteroatoms. The smallest absolute Gasteiger partial charge is 0.264 e. The Bertz CT molecular complexity index is 1720. The fraction of sp³-hybridized carbons (Fsp3) is 0.235. The molecule has 1 atom stereocenters. The Labute approximate surface area is 283 Å². The summed E-state index contributed by atoms with van der Waals surface area (Å²) in [5.41, 5.74) is 1.78. The molecule has 0 radical (unpaired) electrons. The van der Waals surface area contributed by atoms with Crippen LogP contribution in [0, 0.1) is 5.92 Å². The highest BCUT2D eigenvalue weighted by molar-refractivity contribution is 9.10. The van der Waals surface area contributed by atoms with Gasteiger partial charge in [-0.15, -0.1) is 0 Å². The summed E-state index contributed by atoms with van der Waals surface area (Å²) in [5, 5.41) is 3.36. The van der Waals surface area contributed by atoms with Gasteiger partial charge in [0.05, 0.1) is 20.6 Å². The van der Waals surface area contributed by atoms with Crippen LogP contribution in [0.2, 0.25) is 10.0 Å². The van der Waals surface area contributed by atoms with Crippen LogP contribution in [0.1, 0.15) is 25.0 Å². The molecular weight excluding hydrogens is 697 g/mol. The van der Waals surface area contributed by atoms with Gasteiger partial charge < -0.3 is 10.2 Å². The van der Waals surface area contributed by atoms with E-state index in [0.717, 1.165) is 19.9 Å². The summed E-state index contributed by atoms with van der Waals surface area (Å²) in [4.78, 5) is 29.8. The van der Waals surface area contributed by atoms with E-state index in [2.05, 4.69) is 21.2 Å². The molecule has 1 N–H and O–H groups in total. The van der Waals surface area contributed by atoms with E-state index in [1.54, 1.807) is 18.2 Å². The molecule has 4 aromatic carbocycles. The van der Waals surface area contributed by atoms with Crippen molar-refractivity contribution in [2.75, 3.05) is 17.4 Å². The summed E-state index contributed by atoms with van der Waals surface area (Å²) in [7, 11) is -4.24. The molecule has 0 saturated heterocycles. The van der Waals surface area contributed by atoms with Crippen molar-refractivity contribution in [3.05, 3.63) is 129 Å². The van der Waals surface area contributed by atoms with Crippen LogP contribution in [0.5, 0.6) is 0 Å². The molecule has 0 aromatic heterocycles. The first-order valence-corrected chi connectivity index (χ1v) is 17.3. The van der Waals surface area contributed by atoms with Crippen LogP contribution in [0.25, 0.3) is 0 Å². The van der Waals surface area contributed by atoms with Gasteiger partial charge in [-0.05, 0) is 59.5 Å². The molecule has 0 bridgehead atoms. The molecule has 4 aromatic rings. The zero-order chi connectivity index (χ0) is 32.6. The van der Waals surface area contributed by atoms with Gasteiger partial charge in [-0.1, -0.05) is 114 Å². The van der Waals surface area contributed by atoms with Crippen LogP contribution in [-0.4, -0.2) is 44.3 Å². The Kier molecular flexibility index (Phi) is 12.1. The minimum atomic E-state index is -4.24. The molecule has 7 nitrogen and oxygen atoms in total. The lowest BCUT2D eigenvalue weighted by atomic mass is 10.0. The fourth-order valence-corrected chi connectivity index (χ4v) is 6.86. The minimum Gasteiger partial charge on any atom is -0.354 e. The van der Waals surface area contributed by atoms with E-state index in [1.165, 1.54) is 35.2 Å². The summed E-state index contributed by atoms with van der Waals surface area (Å²) in [6, 6.07) is 28.1. The lowest BCUT2D eigenvalue weighted by Crippen LogP contribution is -2.53. The molecule has 0 fully saturated rings. The number of hydrogen-bond acceptors (Lipinski definition) is 4. The zero-order valence-corrected chi connectivity index (χ0v) is 28.8. The van der Waals surface area contributed by atoms with Gasteiger partial charge in [-0.2, -0.15) is 0 Å². The molecule has 1 unspecified atom stereocenters. The molecule has 0 aliphatic rings. The van der Waals surface area contributed by atoms with E-state index in [9.17, 15) is 18.0 Å². The van der Waals surface area contributed by atoms with Gasteiger partial charge in [-0.3, -0.25) is 13.9 Å². The minimum absolute atomic E-state index is 0.00192. The highest BCUT2D eigenvalue weighted by Gasteiger charge is 2.34. The fourth-order valence-electron chi connectivity index (χ4n) is 4.70. The third-order valence-electron chi connectivity index (χ3n) is 7.00. The van der Waals surface area contributed by atoms with E-state index >= 15 is 0 Å². The highest BCUT2D eigenvalue weighted by Crippen LogP contribution is 2.31. The van der Waals surface area contributed by atoms with Crippen LogP contribution in [0.15, 0.2) is 112 Å². The summed E-state index contributed by atoms with van der Waals surface area (Å²) in [6.07, 6.45) is 0.225. The number of amides is 2. The lowest BCUT2D eigenvalue weighted by molar-refractivity contribution is -0.140. The molecule has 0 spiro atoms. The summed E-state index contributed by atoms with van der Waals surface area (Å²) in [5.74, 6) is -0.717. The zero-order valence-electron chi connectivity index (χ0n) is 24.9. The second-order valence-electron chi connectivity index (χ2n) is 10.9. The predicted octanol–water partition coefficient (Wildman–Crippen LogP) is 7.36. The maximum absolute atomic E-state index is 14.5. The van der Waals surface area contributed by atoms with Crippen LogP contribution in [0.4, 0.5) is 5.69 Å². The molecule has 4 rings (SSSR count). The first kappa shape index (κ1) is 34.5. The van der Waals surface area contributed by atoms with Gasteiger partial charge in [0.25, 0.3) is 10.0 Å². The van der Waals surface area contributed by atoms with Crippen molar-refractivity contribution in [3.63, 3.8) is 0 Å². The van der Waals surface area contributed by atoms with Gasteiger partial charge in [0.15, 0.2) is 0 Å². The third-order valence-corrected chi connectivity index (χ3v) is 10.0. The van der Waals surface area contributed by atoms with Crippen LogP contribution < -0.4 is 9.62 Å². The van der Waals surface area contributed by atoms with Crippen molar-refractivity contribution < 1.29 is 18.0 Å². The molecular formula is C34H34BrCl2N3O4S. The SMILES string of the molecule is CC(C)CNC(=O)C(Cc1ccccc1)N(Cc1cccc(Br)c1)C(=O)CN(c1ccc(Cl)c(Cl)c1)S(=O)(=O)c1ccccc1. The molecule has 2 amide bonds. The number of nitrogens with one attached hydrogen (secondary N) is 1. The van der Waals surface area contributed by atoms with E-state index in [4.69, 9.17) is 23.2 Å². The van der Waals surface area contributed by atoms with E-state index < -0.39 is 28.5 Å². The van der Waals surface area contributed by atoms with Gasteiger partial charge in [0.2, 0.25) is 11.8 Å². The number of rotatable bonds is 13. The monoisotopic (exact) mass is 729 g/mol. The van der Waals surface area contributed by atoms with Gasteiger partial charge in [-0.25, -0.2) is 8.42 Å². The number of halogens is 3. The largest absolute Gasteiger partial charge is 0.354 e. The van der Waals surface area contributed by atoms with Crippen molar-refractivity contribution in [3.8, 4) is 0 Å². The first-order valence-electron chi connectivity index (χ1n) is 14.3. The second-order valence-corrected chi connectivity index (χ2v) is 14.5. The maximum atomic E-state index is 14.5. The molecule has 0 saturated carbocycles. The van der Waals surface area contributed by atoms with Crippen LogP contribution in [0.3, 0.4) is 0 Å². The van der Waals surface area contributed by atoms with Gasteiger partial charge >= 0.3 is 0 Å². The maximum Gasteiger partial charge on any atom is 0.264 e. The van der Waals surface area contributed by atoms with Crippen molar-refractivity contribution in [2.45, 2.75) is 37.8 Å².